The fraction of sp³-hybridized carbons (Fsp3) is 0.611. The van der Waals surface area contributed by atoms with Gasteiger partial charge >= 0.3 is 0 Å². The summed E-state index contributed by atoms with van der Waals surface area (Å²) in [7, 11) is -3.03. The monoisotopic (exact) mass is 335 g/mol. The van der Waals surface area contributed by atoms with Crippen molar-refractivity contribution in [2.75, 3.05) is 18.6 Å². The van der Waals surface area contributed by atoms with Crippen molar-refractivity contribution in [1.29, 1.82) is 0 Å². The highest BCUT2D eigenvalue weighted by molar-refractivity contribution is 7.90. The molecule has 0 radical (unpaired) electrons. The summed E-state index contributed by atoms with van der Waals surface area (Å²) >= 11 is 0. The summed E-state index contributed by atoms with van der Waals surface area (Å²) in [6.07, 6.45) is 4.34. The Morgan fingerprint density at radius 2 is 1.91 bits per heavy atom. The first-order chi connectivity index (χ1) is 10.8. The van der Waals surface area contributed by atoms with Crippen LogP contribution in [0, 0.1) is 5.41 Å². The van der Waals surface area contributed by atoms with Gasteiger partial charge in [0.25, 0.3) is 0 Å². The van der Waals surface area contributed by atoms with Crippen molar-refractivity contribution in [2.24, 2.45) is 5.41 Å². The van der Waals surface area contributed by atoms with Crippen molar-refractivity contribution in [2.45, 2.75) is 44.6 Å². The van der Waals surface area contributed by atoms with Crippen LogP contribution in [0.5, 0.6) is 0 Å². The topological polar surface area (TPSA) is 54.5 Å². The Labute approximate surface area is 138 Å². The summed E-state index contributed by atoms with van der Waals surface area (Å²) < 4.78 is 23.1. The standard InChI is InChI=1S/C18H25NO3S/c1-14-10-16(15-6-4-3-5-7-15)12-19(14)17(20)11-18(8-9-18)13-23(2,21)22/h3-7,14,16H,8-13H2,1-2H3. The second-order valence-electron chi connectivity index (χ2n) is 7.49. The normalized spacial score (nSPS) is 26.3. The maximum absolute atomic E-state index is 12.7. The van der Waals surface area contributed by atoms with Crippen LogP contribution in [-0.4, -0.2) is 43.8 Å². The zero-order valence-electron chi connectivity index (χ0n) is 13.9. The first-order valence-corrected chi connectivity index (χ1v) is 10.4. The van der Waals surface area contributed by atoms with Gasteiger partial charge in [0, 0.05) is 31.2 Å². The minimum Gasteiger partial charge on any atom is -0.339 e. The van der Waals surface area contributed by atoms with Gasteiger partial charge in [-0.25, -0.2) is 8.42 Å². The molecule has 23 heavy (non-hydrogen) atoms. The highest BCUT2D eigenvalue weighted by Gasteiger charge is 2.48. The molecule has 0 bridgehead atoms. The van der Waals surface area contributed by atoms with Crippen LogP contribution in [0.1, 0.15) is 44.1 Å². The van der Waals surface area contributed by atoms with Gasteiger partial charge in [-0.1, -0.05) is 30.3 Å². The van der Waals surface area contributed by atoms with E-state index in [-0.39, 0.29) is 23.1 Å². The zero-order valence-corrected chi connectivity index (χ0v) is 14.7. The SMILES string of the molecule is CC1CC(c2ccccc2)CN1C(=O)CC1(CS(C)(=O)=O)CC1. The molecule has 2 atom stereocenters. The van der Waals surface area contributed by atoms with Crippen LogP contribution in [0.2, 0.25) is 0 Å². The van der Waals surface area contributed by atoms with E-state index >= 15 is 0 Å². The number of benzene rings is 1. The molecule has 2 fully saturated rings. The van der Waals surface area contributed by atoms with Gasteiger partial charge < -0.3 is 4.90 Å². The van der Waals surface area contributed by atoms with E-state index in [9.17, 15) is 13.2 Å². The molecule has 0 spiro atoms. The molecule has 1 amide bonds. The van der Waals surface area contributed by atoms with Gasteiger partial charge in [-0.05, 0) is 37.2 Å². The Hall–Kier alpha value is -1.36. The lowest BCUT2D eigenvalue weighted by atomic mass is 9.97. The Kier molecular flexibility index (Phi) is 4.25. The van der Waals surface area contributed by atoms with Gasteiger partial charge in [-0.2, -0.15) is 0 Å². The van der Waals surface area contributed by atoms with Crippen LogP contribution in [0.15, 0.2) is 30.3 Å². The Morgan fingerprint density at radius 3 is 2.48 bits per heavy atom. The van der Waals surface area contributed by atoms with E-state index in [1.807, 2.05) is 23.1 Å². The Morgan fingerprint density at radius 1 is 1.26 bits per heavy atom. The molecule has 1 heterocycles. The van der Waals surface area contributed by atoms with Gasteiger partial charge in [0.2, 0.25) is 5.91 Å². The second kappa shape index (κ2) is 5.93. The molecule has 1 aromatic rings. The highest BCUT2D eigenvalue weighted by Crippen LogP contribution is 2.50. The van der Waals surface area contributed by atoms with Crippen LogP contribution in [-0.2, 0) is 14.6 Å². The minimum atomic E-state index is -3.03. The predicted octanol–water partition coefficient (Wildman–Crippen LogP) is 2.61. The second-order valence-corrected chi connectivity index (χ2v) is 9.63. The third-order valence-corrected chi connectivity index (χ3v) is 6.35. The summed E-state index contributed by atoms with van der Waals surface area (Å²) in [6, 6.07) is 10.6. The number of nitrogens with zero attached hydrogens (tertiary/aromatic N) is 1. The van der Waals surface area contributed by atoms with E-state index in [1.165, 1.54) is 11.8 Å². The lowest BCUT2D eigenvalue weighted by Crippen LogP contribution is -2.36. The maximum atomic E-state index is 12.7. The van der Waals surface area contributed by atoms with Crippen molar-refractivity contribution < 1.29 is 13.2 Å². The van der Waals surface area contributed by atoms with Crippen LogP contribution >= 0.6 is 0 Å². The van der Waals surface area contributed by atoms with E-state index in [2.05, 4.69) is 19.1 Å². The molecular formula is C18H25NO3S. The molecular weight excluding hydrogens is 310 g/mol. The molecule has 126 valence electrons. The van der Waals surface area contributed by atoms with Crippen LogP contribution in [0.3, 0.4) is 0 Å². The van der Waals surface area contributed by atoms with Crippen LogP contribution in [0.25, 0.3) is 0 Å². The minimum absolute atomic E-state index is 0.122. The van der Waals surface area contributed by atoms with Gasteiger partial charge in [0.15, 0.2) is 0 Å². The van der Waals surface area contributed by atoms with Gasteiger partial charge in [0.05, 0.1) is 5.75 Å². The number of carbonyl (C=O) groups excluding carboxylic acids is 1. The number of carbonyl (C=O) groups is 1. The van der Waals surface area contributed by atoms with E-state index in [0.717, 1.165) is 25.8 Å². The zero-order chi connectivity index (χ0) is 16.7. The maximum Gasteiger partial charge on any atom is 0.223 e. The smallest absolute Gasteiger partial charge is 0.223 e. The molecule has 2 unspecified atom stereocenters. The number of likely N-dealkylation sites (tertiary alicyclic amines) is 1. The van der Waals surface area contributed by atoms with Crippen molar-refractivity contribution in [3.63, 3.8) is 0 Å². The lowest BCUT2D eigenvalue weighted by Gasteiger charge is -2.24. The van der Waals surface area contributed by atoms with Crippen molar-refractivity contribution in [1.82, 2.24) is 4.90 Å². The average Bonchev–Trinajstić information content (AvgIpc) is 3.07. The molecule has 0 aromatic heterocycles. The number of sulfone groups is 1. The van der Waals surface area contributed by atoms with Gasteiger partial charge in [-0.15, -0.1) is 0 Å². The van der Waals surface area contributed by atoms with Crippen LogP contribution in [0.4, 0.5) is 0 Å². The fourth-order valence-electron chi connectivity index (χ4n) is 3.87. The first-order valence-electron chi connectivity index (χ1n) is 8.30. The third kappa shape index (κ3) is 3.94. The van der Waals surface area contributed by atoms with E-state index in [1.54, 1.807) is 0 Å². The summed E-state index contributed by atoms with van der Waals surface area (Å²) in [5, 5.41) is 0. The number of hydrogen-bond acceptors (Lipinski definition) is 3. The Balaban J connectivity index is 1.64. The highest BCUT2D eigenvalue weighted by atomic mass is 32.2. The largest absolute Gasteiger partial charge is 0.339 e. The third-order valence-electron chi connectivity index (χ3n) is 5.22. The predicted molar refractivity (Wildman–Crippen MR) is 91.0 cm³/mol. The molecule has 0 N–H and O–H groups in total. The summed E-state index contributed by atoms with van der Waals surface area (Å²) in [5.41, 5.74) is 1.00. The van der Waals surface area contributed by atoms with Crippen LogP contribution < -0.4 is 0 Å². The summed E-state index contributed by atoms with van der Waals surface area (Å²) in [5.74, 6) is 0.660. The van der Waals surface area contributed by atoms with Crippen molar-refractivity contribution in [3.8, 4) is 0 Å². The lowest BCUT2D eigenvalue weighted by molar-refractivity contribution is -0.132. The van der Waals surface area contributed by atoms with E-state index in [0.29, 0.717) is 12.3 Å². The van der Waals surface area contributed by atoms with E-state index < -0.39 is 9.84 Å². The molecule has 1 saturated carbocycles. The summed E-state index contributed by atoms with van der Waals surface area (Å²) in [6.45, 7) is 2.84. The Bertz CT molecular complexity index is 679. The average molecular weight is 335 g/mol. The molecule has 4 nitrogen and oxygen atoms in total. The molecule has 1 saturated heterocycles. The van der Waals surface area contributed by atoms with Gasteiger partial charge in [-0.3, -0.25) is 4.79 Å². The molecule has 3 rings (SSSR count). The molecule has 1 aliphatic heterocycles. The molecule has 1 aromatic carbocycles. The quantitative estimate of drug-likeness (QED) is 0.831. The summed E-state index contributed by atoms with van der Waals surface area (Å²) in [4.78, 5) is 14.7. The first kappa shape index (κ1) is 16.5. The molecule has 1 aliphatic carbocycles. The van der Waals surface area contributed by atoms with Crippen molar-refractivity contribution in [3.05, 3.63) is 35.9 Å². The van der Waals surface area contributed by atoms with Gasteiger partial charge in [0.1, 0.15) is 9.84 Å². The number of amides is 1. The fourth-order valence-corrected chi connectivity index (χ4v) is 5.38. The van der Waals surface area contributed by atoms with E-state index in [4.69, 9.17) is 0 Å². The molecule has 2 aliphatic rings. The molecule has 5 heteroatoms. The number of hydrogen-bond donors (Lipinski definition) is 0. The van der Waals surface area contributed by atoms with Crippen molar-refractivity contribution >= 4 is 15.7 Å². The number of rotatable bonds is 5.